The molecule has 0 aliphatic heterocycles. The van der Waals surface area contributed by atoms with Crippen LogP contribution < -0.4 is 14.8 Å². The third-order valence-corrected chi connectivity index (χ3v) is 5.38. The van der Waals surface area contributed by atoms with E-state index in [1.54, 1.807) is 29.5 Å². The lowest BCUT2D eigenvalue weighted by molar-refractivity contribution is -0.384. The first-order valence-corrected chi connectivity index (χ1v) is 10.4. The molecule has 8 heteroatoms. The zero-order chi connectivity index (χ0) is 20.6. The Balaban J connectivity index is 1.67. The largest absolute Gasteiger partial charge is 0.490 e. The van der Waals surface area contributed by atoms with Crippen LogP contribution in [0.15, 0.2) is 53.9 Å². The van der Waals surface area contributed by atoms with E-state index in [1.165, 1.54) is 17.0 Å². The van der Waals surface area contributed by atoms with Gasteiger partial charge in [0.15, 0.2) is 11.5 Å². The quantitative estimate of drug-likeness (QED) is 0.334. The molecule has 0 spiro atoms. The van der Waals surface area contributed by atoms with Crippen molar-refractivity contribution in [3.63, 3.8) is 0 Å². The number of hydrogen-bond donors (Lipinski definition) is 1. The van der Waals surface area contributed by atoms with Gasteiger partial charge in [-0.05, 0) is 47.7 Å². The Morgan fingerprint density at radius 2 is 1.86 bits per heavy atom. The molecule has 6 nitrogen and oxygen atoms in total. The van der Waals surface area contributed by atoms with Crippen LogP contribution in [0.5, 0.6) is 11.5 Å². The predicted octanol–water partition coefficient (Wildman–Crippen LogP) is 5.58. The third-order valence-electron chi connectivity index (χ3n) is 4.15. The van der Waals surface area contributed by atoms with E-state index in [9.17, 15) is 10.1 Å². The number of nitrogens with one attached hydrogen (secondary N) is 1. The fraction of sp³-hybridized carbons (Fsp3) is 0.238. The van der Waals surface area contributed by atoms with Crippen LogP contribution in [-0.4, -0.2) is 11.5 Å². The van der Waals surface area contributed by atoms with Crippen molar-refractivity contribution in [3.05, 3.63) is 85.1 Å². The third kappa shape index (κ3) is 5.93. The minimum absolute atomic E-state index is 0.0474. The summed E-state index contributed by atoms with van der Waals surface area (Å²) in [7, 11) is 0. The van der Waals surface area contributed by atoms with Crippen LogP contribution in [0.4, 0.5) is 5.69 Å². The summed E-state index contributed by atoms with van der Waals surface area (Å²) in [4.78, 5) is 11.6. The fourth-order valence-corrected chi connectivity index (χ4v) is 3.60. The van der Waals surface area contributed by atoms with Gasteiger partial charge in [-0.25, -0.2) is 0 Å². The van der Waals surface area contributed by atoms with Crippen molar-refractivity contribution in [3.8, 4) is 11.5 Å². The van der Waals surface area contributed by atoms with E-state index in [1.807, 2.05) is 24.4 Å². The van der Waals surface area contributed by atoms with Gasteiger partial charge in [0.05, 0.1) is 11.5 Å². The van der Waals surface area contributed by atoms with Crippen LogP contribution >= 0.6 is 22.9 Å². The molecule has 0 amide bonds. The number of nitro benzene ring substituents is 1. The SMILES string of the molecule is CCOc1cc(CNCc2cccs2)c(Cl)cc1OCc1ccc([N+](=O)[O-])cc1. The van der Waals surface area contributed by atoms with Gasteiger partial charge in [0.1, 0.15) is 6.61 Å². The lowest BCUT2D eigenvalue weighted by Crippen LogP contribution is -2.12. The van der Waals surface area contributed by atoms with E-state index in [2.05, 4.69) is 11.4 Å². The van der Waals surface area contributed by atoms with Crippen LogP contribution in [0.3, 0.4) is 0 Å². The molecule has 2 aromatic carbocycles. The van der Waals surface area contributed by atoms with Crippen molar-refractivity contribution in [2.75, 3.05) is 6.61 Å². The Morgan fingerprint density at radius 3 is 2.52 bits per heavy atom. The molecule has 29 heavy (non-hydrogen) atoms. The molecule has 0 radical (unpaired) electrons. The van der Waals surface area contributed by atoms with E-state index in [4.69, 9.17) is 21.1 Å². The number of benzene rings is 2. The average molecular weight is 433 g/mol. The molecule has 1 heterocycles. The summed E-state index contributed by atoms with van der Waals surface area (Å²) in [5, 5.41) is 16.8. The molecule has 0 aliphatic carbocycles. The molecule has 152 valence electrons. The van der Waals surface area contributed by atoms with Gasteiger partial charge in [-0.15, -0.1) is 11.3 Å². The number of nitrogens with zero attached hydrogens (tertiary/aromatic N) is 1. The Hall–Kier alpha value is -2.61. The van der Waals surface area contributed by atoms with Gasteiger partial charge >= 0.3 is 0 Å². The Morgan fingerprint density at radius 1 is 1.10 bits per heavy atom. The zero-order valence-corrected chi connectivity index (χ0v) is 17.5. The molecule has 0 saturated carbocycles. The van der Waals surface area contributed by atoms with Gasteiger partial charge in [0.25, 0.3) is 5.69 Å². The highest BCUT2D eigenvalue weighted by atomic mass is 35.5. The Labute approximate surface area is 178 Å². The minimum Gasteiger partial charge on any atom is -0.490 e. The molecule has 1 aromatic heterocycles. The smallest absolute Gasteiger partial charge is 0.269 e. The number of non-ortho nitro benzene ring substituents is 1. The average Bonchev–Trinajstić information content (AvgIpc) is 3.23. The second kappa shape index (κ2) is 10.2. The Kier molecular flexibility index (Phi) is 7.46. The molecule has 0 aliphatic rings. The monoisotopic (exact) mass is 432 g/mol. The molecular formula is C21H21ClN2O4S. The maximum atomic E-state index is 10.8. The minimum atomic E-state index is -0.428. The highest BCUT2D eigenvalue weighted by Gasteiger charge is 2.12. The molecule has 1 N–H and O–H groups in total. The molecule has 3 aromatic rings. The van der Waals surface area contributed by atoms with Crippen molar-refractivity contribution in [2.24, 2.45) is 0 Å². The summed E-state index contributed by atoms with van der Waals surface area (Å²) in [6.45, 7) is 4.04. The van der Waals surface area contributed by atoms with Crippen molar-refractivity contribution in [1.82, 2.24) is 5.32 Å². The Bertz CT molecular complexity index is 946. The molecular weight excluding hydrogens is 412 g/mol. The first kappa shape index (κ1) is 21.1. The van der Waals surface area contributed by atoms with Crippen LogP contribution in [0.2, 0.25) is 5.02 Å². The van der Waals surface area contributed by atoms with E-state index >= 15 is 0 Å². The van der Waals surface area contributed by atoms with E-state index in [-0.39, 0.29) is 12.3 Å². The van der Waals surface area contributed by atoms with Gasteiger partial charge in [0, 0.05) is 41.2 Å². The van der Waals surface area contributed by atoms with Crippen molar-refractivity contribution in [1.29, 1.82) is 0 Å². The van der Waals surface area contributed by atoms with Crippen LogP contribution in [0, 0.1) is 10.1 Å². The number of rotatable bonds is 10. The first-order chi connectivity index (χ1) is 14.1. The fourth-order valence-electron chi connectivity index (χ4n) is 2.70. The van der Waals surface area contributed by atoms with Crippen molar-refractivity contribution < 1.29 is 14.4 Å². The number of hydrogen-bond acceptors (Lipinski definition) is 6. The van der Waals surface area contributed by atoms with Crippen LogP contribution in [0.1, 0.15) is 22.9 Å². The topological polar surface area (TPSA) is 73.6 Å². The number of thiophene rings is 1. The zero-order valence-electron chi connectivity index (χ0n) is 15.9. The number of nitro groups is 1. The number of halogens is 1. The summed E-state index contributed by atoms with van der Waals surface area (Å²) < 4.78 is 11.6. The maximum absolute atomic E-state index is 10.8. The summed E-state index contributed by atoms with van der Waals surface area (Å²) >= 11 is 8.16. The summed E-state index contributed by atoms with van der Waals surface area (Å²) in [6.07, 6.45) is 0. The normalized spacial score (nSPS) is 10.7. The highest BCUT2D eigenvalue weighted by Crippen LogP contribution is 2.34. The van der Waals surface area contributed by atoms with Gasteiger partial charge in [-0.3, -0.25) is 10.1 Å². The van der Waals surface area contributed by atoms with Gasteiger partial charge < -0.3 is 14.8 Å². The van der Waals surface area contributed by atoms with Gasteiger partial charge in [-0.2, -0.15) is 0 Å². The molecule has 0 fully saturated rings. The number of ether oxygens (including phenoxy) is 2. The first-order valence-electron chi connectivity index (χ1n) is 9.11. The van der Waals surface area contributed by atoms with Crippen molar-refractivity contribution >= 4 is 28.6 Å². The predicted molar refractivity (Wildman–Crippen MR) is 115 cm³/mol. The van der Waals surface area contributed by atoms with Gasteiger partial charge in [0.2, 0.25) is 0 Å². The second-order valence-electron chi connectivity index (χ2n) is 6.22. The van der Waals surface area contributed by atoms with Crippen molar-refractivity contribution in [2.45, 2.75) is 26.6 Å². The summed E-state index contributed by atoms with van der Waals surface area (Å²) in [5.74, 6) is 1.16. The molecule has 0 unspecified atom stereocenters. The lowest BCUT2D eigenvalue weighted by Gasteiger charge is -2.15. The standard InChI is InChI=1S/C21H21ClN2O4S/c1-2-27-20-10-16(12-23-13-18-4-3-9-29-18)19(22)11-21(20)28-14-15-5-7-17(8-6-15)24(25)26/h3-11,23H,2,12-14H2,1H3. The molecule has 0 saturated heterocycles. The molecule has 0 atom stereocenters. The van der Waals surface area contributed by atoms with E-state index < -0.39 is 4.92 Å². The second-order valence-corrected chi connectivity index (χ2v) is 7.66. The van der Waals surface area contributed by atoms with Crippen LogP contribution in [-0.2, 0) is 19.7 Å². The van der Waals surface area contributed by atoms with E-state index in [0.29, 0.717) is 29.7 Å². The summed E-state index contributed by atoms with van der Waals surface area (Å²) in [5.41, 5.74) is 1.79. The molecule has 0 bridgehead atoms. The van der Waals surface area contributed by atoms with Gasteiger partial charge in [-0.1, -0.05) is 17.7 Å². The maximum Gasteiger partial charge on any atom is 0.269 e. The van der Waals surface area contributed by atoms with Crippen LogP contribution in [0.25, 0.3) is 0 Å². The van der Waals surface area contributed by atoms with E-state index in [0.717, 1.165) is 17.7 Å². The molecule has 3 rings (SSSR count). The highest BCUT2D eigenvalue weighted by molar-refractivity contribution is 7.09. The summed E-state index contributed by atoms with van der Waals surface area (Å²) in [6, 6.07) is 14.0. The lowest BCUT2D eigenvalue weighted by atomic mass is 10.2.